The number of amides is 2. The van der Waals surface area contributed by atoms with Crippen molar-refractivity contribution in [3.05, 3.63) is 57.8 Å². The topological polar surface area (TPSA) is 85.3 Å². The lowest BCUT2D eigenvalue weighted by molar-refractivity contribution is -0.123. The maximum absolute atomic E-state index is 12.3. The van der Waals surface area contributed by atoms with Crippen molar-refractivity contribution in [1.29, 1.82) is 0 Å². The summed E-state index contributed by atoms with van der Waals surface area (Å²) in [6.45, 7) is 4.40. The molecular weight excluding hydrogens is 403 g/mol. The lowest BCUT2D eigenvalue weighted by atomic mass is 10.2. The zero-order chi connectivity index (χ0) is 20.3. The molecule has 0 aliphatic carbocycles. The molecule has 0 atom stereocenters. The molecule has 9 heteroatoms. The van der Waals surface area contributed by atoms with Gasteiger partial charge in [-0.15, -0.1) is 0 Å². The summed E-state index contributed by atoms with van der Waals surface area (Å²) >= 11 is 11.8. The molecular formula is C19H18Cl2N4O3. The van der Waals surface area contributed by atoms with Crippen molar-refractivity contribution in [3.63, 3.8) is 0 Å². The van der Waals surface area contributed by atoms with E-state index in [1.54, 1.807) is 24.3 Å². The van der Waals surface area contributed by atoms with E-state index in [4.69, 9.17) is 27.9 Å². The Morgan fingerprint density at radius 2 is 1.93 bits per heavy atom. The number of hydrogen-bond acceptors (Lipinski definition) is 4. The number of aromatic nitrogens is 2. The zero-order valence-corrected chi connectivity index (χ0v) is 16.8. The number of fused-ring (bicyclic) bond motifs is 1. The van der Waals surface area contributed by atoms with Crippen LogP contribution in [0.25, 0.3) is 11.0 Å². The van der Waals surface area contributed by atoms with Gasteiger partial charge in [-0.05, 0) is 44.2 Å². The third-order valence-electron chi connectivity index (χ3n) is 4.08. The molecule has 2 amide bonds. The Morgan fingerprint density at radius 1 is 1.14 bits per heavy atom. The Bertz CT molecular complexity index is 1050. The van der Waals surface area contributed by atoms with Crippen LogP contribution >= 0.6 is 23.2 Å². The third-order valence-corrected chi connectivity index (χ3v) is 4.63. The maximum Gasteiger partial charge on any atom is 0.276 e. The fourth-order valence-corrected chi connectivity index (χ4v) is 3.09. The summed E-state index contributed by atoms with van der Waals surface area (Å²) < 4.78 is 7.36. The molecule has 0 saturated heterocycles. The van der Waals surface area contributed by atoms with Crippen LogP contribution in [0.15, 0.2) is 36.4 Å². The highest BCUT2D eigenvalue weighted by molar-refractivity contribution is 6.34. The minimum absolute atomic E-state index is 0.281. The maximum atomic E-state index is 12.3. The molecule has 0 unspecified atom stereocenters. The molecule has 3 rings (SSSR count). The summed E-state index contributed by atoms with van der Waals surface area (Å²) in [5.41, 5.74) is 6.70. The number of halogens is 2. The van der Waals surface area contributed by atoms with Crippen LogP contribution in [-0.4, -0.2) is 28.0 Å². The highest BCUT2D eigenvalue weighted by Crippen LogP contribution is 2.27. The molecule has 0 bridgehead atoms. The van der Waals surface area contributed by atoms with Crippen LogP contribution in [0.2, 0.25) is 10.0 Å². The molecule has 0 spiro atoms. The van der Waals surface area contributed by atoms with E-state index in [-0.39, 0.29) is 12.4 Å². The quantitative estimate of drug-likeness (QED) is 0.618. The van der Waals surface area contributed by atoms with Crippen molar-refractivity contribution >= 4 is 46.0 Å². The smallest absolute Gasteiger partial charge is 0.276 e. The molecule has 0 aliphatic heterocycles. The van der Waals surface area contributed by atoms with Crippen LogP contribution < -0.4 is 15.6 Å². The van der Waals surface area contributed by atoms with Crippen molar-refractivity contribution in [2.24, 2.45) is 0 Å². The Labute approximate surface area is 171 Å². The number of imidazole rings is 1. The Kier molecular flexibility index (Phi) is 6.06. The fraction of sp³-hybridized carbons (Fsp3) is 0.211. The Morgan fingerprint density at radius 3 is 2.68 bits per heavy atom. The van der Waals surface area contributed by atoms with Crippen molar-refractivity contribution in [2.45, 2.75) is 20.4 Å². The molecule has 2 N–H and O–H groups in total. The number of ether oxygens (including phenoxy) is 1. The molecule has 146 valence electrons. The van der Waals surface area contributed by atoms with Gasteiger partial charge >= 0.3 is 0 Å². The number of carbonyl (C=O) groups is 2. The molecule has 0 radical (unpaired) electrons. The average molecular weight is 421 g/mol. The van der Waals surface area contributed by atoms with Gasteiger partial charge in [0.05, 0.1) is 16.1 Å². The summed E-state index contributed by atoms with van der Waals surface area (Å²) in [5, 5.41) is 0.764. The van der Waals surface area contributed by atoms with Crippen LogP contribution in [-0.2, 0) is 11.3 Å². The van der Waals surface area contributed by atoms with Crippen molar-refractivity contribution in [1.82, 2.24) is 20.4 Å². The highest BCUT2D eigenvalue weighted by Gasteiger charge is 2.12. The van der Waals surface area contributed by atoms with Crippen LogP contribution in [0.1, 0.15) is 23.1 Å². The first-order valence-corrected chi connectivity index (χ1v) is 9.28. The van der Waals surface area contributed by atoms with E-state index in [1.807, 2.05) is 19.9 Å². The number of carbonyl (C=O) groups excluding carboxylic acids is 2. The van der Waals surface area contributed by atoms with Crippen LogP contribution in [0, 0.1) is 6.92 Å². The number of nitrogens with one attached hydrogen (secondary N) is 2. The van der Waals surface area contributed by atoms with Gasteiger partial charge in [0.2, 0.25) is 0 Å². The molecule has 0 saturated carbocycles. The van der Waals surface area contributed by atoms with E-state index < -0.39 is 11.8 Å². The first kappa shape index (κ1) is 20.0. The van der Waals surface area contributed by atoms with Crippen LogP contribution in [0.4, 0.5) is 0 Å². The molecule has 2 aromatic carbocycles. The van der Waals surface area contributed by atoms with Gasteiger partial charge in [-0.1, -0.05) is 23.2 Å². The summed E-state index contributed by atoms with van der Waals surface area (Å²) in [4.78, 5) is 28.6. The minimum atomic E-state index is -0.545. The van der Waals surface area contributed by atoms with Gasteiger partial charge in [-0.25, -0.2) is 4.98 Å². The molecule has 1 aromatic heterocycles. The van der Waals surface area contributed by atoms with Gasteiger partial charge in [-0.3, -0.25) is 20.4 Å². The van der Waals surface area contributed by atoms with Gasteiger partial charge in [-0.2, -0.15) is 0 Å². The van der Waals surface area contributed by atoms with Gasteiger partial charge < -0.3 is 9.30 Å². The van der Waals surface area contributed by atoms with Gasteiger partial charge in [0.15, 0.2) is 6.61 Å². The first-order valence-electron chi connectivity index (χ1n) is 8.53. The molecule has 7 nitrogen and oxygen atoms in total. The SMILES string of the molecule is CCn1c(C)nc2cc(C(=O)NNC(=O)COc3cc(Cl)ccc3Cl)ccc21. The van der Waals surface area contributed by atoms with Crippen molar-refractivity contribution in [2.75, 3.05) is 6.61 Å². The molecule has 3 aromatic rings. The minimum Gasteiger partial charge on any atom is -0.482 e. The molecule has 0 fully saturated rings. The predicted octanol–water partition coefficient (Wildman–Crippen LogP) is 3.51. The van der Waals surface area contributed by atoms with Gasteiger partial charge in [0, 0.05) is 23.2 Å². The normalized spacial score (nSPS) is 10.7. The average Bonchev–Trinajstić information content (AvgIpc) is 3.00. The number of aryl methyl sites for hydroxylation is 2. The number of benzene rings is 2. The number of nitrogens with zero attached hydrogens (tertiary/aromatic N) is 2. The largest absolute Gasteiger partial charge is 0.482 e. The van der Waals surface area contributed by atoms with Crippen molar-refractivity contribution in [3.8, 4) is 5.75 Å². The fourth-order valence-electron chi connectivity index (χ4n) is 2.76. The van der Waals surface area contributed by atoms with Crippen LogP contribution in [0.3, 0.4) is 0 Å². The van der Waals surface area contributed by atoms with Crippen molar-refractivity contribution < 1.29 is 14.3 Å². The molecule has 0 aliphatic rings. The van der Waals surface area contributed by atoms with E-state index >= 15 is 0 Å². The standard InChI is InChI=1S/C19H18Cl2N4O3/c1-3-25-11(2)22-15-8-12(4-7-16(15)25)19(27)24-23-18(26)10-28-17-9-13(20)5-6-14(17)21/h4-9H,3,10H2,1-2H3,(H,23,26)(H,24,27). The lowest BCUT2D eigenvalue weighted by Gasteiger charge is -2.10. The predicted molar refractivity (Wildman–Crippen MR) is 108 cm³/mol. The van der Waals surface area contributed by atoms with Crippen LogP contribution in [0.5, 0.6) is 5.75 Å². The first-order chi connectivity index (χ1) is 13.4. The molecule has 28 heavy (non-hydrogen) atoms. The van der Waals surface area contributed by atoms with E-state index in [2.05, 4.69) is 20.4 Å². The van der Waals surface area contributed by atoms with Gasteiger partial charge in [0.25, 0.3) is 11.8 Å². The Hall–Kier alpha value is -2.77. The number of hydrogen-bond donors (Lipinski definition) is 2. The number of rotatable bonds is 5. The summed E-state index contributed by atoms with van der Waals surface area (Å²) in [7, 11) is 0. The van der Waals surface area contributed by atoms with Gasteiger partial charge in [0.1, 0.15) is 11.6 Å². The second kappa shape index (κ2) is 8.50. The second-order valence-corrected chi connectivity index (χ2v) is 6.82. The summed E-state index contributed by atoms with van der Waals surface area (Å²) in [5.74, 6) is 0.152. The third kappa shape index (κ3) is 4.37. The number of hydrazine groups is 1. The van der Waals surface area contributed by atoms with E-state index in [0.717, 1.165) is 23.4 Å². The highest BCUT2D eigenvalue weighted by atomic mass is 35.5. The summed E-state index contributed by atoms with van der Waals surface area (Å²) in [6.07, 6.45) is 0. The Balaban J connectivity index is 1.58. The van der Waals surface area contributed by atoms with E-state index in [9.17, 15) is 9.59 Å². The monoisotopic (exact) mass is 420 g/mol. The zero-order valence-electron chi connectivity index (χ0n) is 15.3. The summed E-state index contributed by atoms with van der Waals surface area (Å²) in [6, 6.07) is 9.87. The lowest BCUT2D eigenvalue weighted by Crippen LogP contribution is -2.43. The molecule has 1 heterocycles. The second-order valence-electron chi connectivity index (χ2n) is 5.97. The van der Waals surface area contributed by atoms with E-state index in [0.29, 0.717) is 15.6 Å². The van der Waals surface area contributed by atoms with E-state index in [1.165, 1.54) is 6.07 Å².